The maximum absolute atomic E-state index is 12.9. The number of amides is 3. The summed E-state index contributed by atoms with van der Waals surface area (Å²) in [4.78, 5) is 55.7. The number of carbonyl (C=O) groups is 3. The summed E-state index contributed by atoms with van der Waals surface area (Å²) in [5.74, 6) is -0.746. The lowest BCUT2D eigenvalue weighted by molar-refractivity contribution is -0.126. The number of fused-ring (bicyclic) bond motifs is 1. The highest BCUT2D eigenvalue weighted by Crippen LogP contribution is 2.24. The van der Waals surface area contributed by atoms with Crippen LogP contribution in [0.25, 0.3) is 11.0 Å². The predicted octanol–water partition coefficient (Wildman–Crippen LogP) is 1.72. The molecule has 0 saturated carbocycles. The first-order valence-electron chi connectivity index (χ1n) is 12.2. The first-order chi connectivity index (χ1) is 17.5. The van der Waals surface area contributed by atoms with Crippen molar-refractivity contribution in [2.75, 3.05) is 50.7 Å². The fourth-order valence-electron chi connectivity index (χ4n) is 4.76. The van der Waals surface area contributed by atoms with Crippen LogP contribution < -0.4 is 15.6 Å². The molecule has 9 nitrogen and oxygen atoms in total. The van der Waals surface area contributed by atoms with Crippen LogP contribution in [-0.4, -0.2) is 73.3 Å². The van der Waals surface area contributed by atoms with E-state index in [1.54, 1.807) is 34.1 Å². The summed E-state index contributed by atoms with van der Waals surface area (Å²) < 4.78 is 5.69. The Balaban J connectivity index is 1.08. The van der Waals surface area contributed by atoms with Crippen LogP contribution in [0.1, 0.15) is 17.0 Å². The molecular weight excluding hydrogens is 460 g/mol. The molecule has 3 heterocycles. The Hall–Kier alpha value is -3.98. The molecule has 2 saturated heterocycles. The molecule has 1 aromatic heterocycles. The average molecular weight is 489 g/mol. The fourth-order valence-corrected chi connectivity index (χ4v) is 4.76. The standard InChI is InChI=1S/C27H28N4O5/c32-22-17-24(36-23-9-5-4-8-21(22)23)27(35)30-14-12-29(13-15-30)11-10-28-26(34)19-16-25(33)31(18-19)20-6-2-1-3-7-20/h1-9,17,19H,10-16,18H2,(H,28,34). The largest absolute Gasteiger partial charge is 0.451 e. The van der Waals surface area contributed by atoms with Crippen LogP contribution in [0.4, 0.5) is 5.69 Å². The molecule has 2 aliphatic heterocycles. The van der Waals surface area contributed by atoms with Gasteiger partial charge in [-0.15, -0.1) is 0 Å². The van der Waals surface area contributed by atoms with E-state index in [-0.39, 0.29) is 41.2 Å². The summed E-state index contributed by atoms with van der Waals surface area (Å²) in [7, 11) is 0. The van der Waals surface area contributed by atoms with Crippen LogP contribution in [0.3, 0.4) is 0 Å². The van der Waals surface area contributed by atoms with E-state index < -0.39 is 0 Å². The number of hydrogen-bond acceptors (Lipinski definition) is 6. The minimum atomic E-state index is -0.358. The summed E-state index contributed by atoms with van der Waals surface area (Å²) in [5, 5.41) is 3.41. The number of para-hydroxylation sites is 2. The Kier molecular flexibility index (Phi) is 6.81. The Labute approximate surface area is 208 Å². The van der Waals surface area contributed by atoms with Crippen LogP contribution in [0.2, 0.25) is 0 Å². The first kappa shape index (κ1) is 23.7. The number of nitrogens with zero attached hydrogens (tertiary/aromatic N) is 3. The van der Waals surface area contributed by atoms with Crippen LogP contribution >= 0.6 is 0 Å². The molecule has 3 amide bonds. The molecule has 9 heteroatoms. The van der Waals surface area contributed by atoms with E-state index in [9.17, 15) is 19.2 Å². The van der Waals surface area contributed by atoms with Gasteiger partial charge in [0.1, 0.15) is 5.58 Å². The van der Waals surface area contributed by atoms with Gasteiger partial charge in [0.2, 0.25) is 11.8 Å². The molecule has 0 aliphatic carbocycles. The maximum Gasteiger partial charge on any atom is 0.289 e. The minimum absolute atomic E-state index is 0.0376. The molecule has 36 heavy (non-hydrogen) atoms. The molecule has 5 rings (SSSR count). The molecule has 2 aliphatic rings. The van der Waals surface area contributed by atoms with Crippen molar-refractivity contribution in [1.29, 1.82) is 0 Å². The van der Waals surface area contributed by atoms with Crippen LogP contribution in [0.15, 0.2) is 69.9 Å². The number of hydrogen-bond donors (Lipinski definition) is 1. The van der Waals surface area contributed by atoms with Gasteiger partial charge >= 0.3 is 0 Å². The molecule has 1 N–H and O–H groups in total. The lowest BCUT2D eigenvalue weighted by Gasteiger charge is -2.34. The second-order valence-corrected chi connectivity index (χ2v) is 9.14. The second kappa shape index (κ2) is 10.3. The van der Waals surface area contributed by atoms with Crippen LogP contribution in [0.5, 0.6) is 0 Å². The highest BCUT2D eigenvalue weighted by molar-refractivity contribution is 6.00. The van der Waals surface area contributed by atoms with Gasteiger partial charge in [-0.3, -0.25) is 24.1 Å². The Morgan fingerprint density at radius 3 is 2.44 bits per heavy atom. The van der Waals surface area contributed by atoms with Gasteiger partial charge in [-0.2, -0.15) is 0 Å². The third-order valence-electron chi connectivity index (χ3n) is 6.80. The van der Waals surface area contributed by atoms with Gasteiger partial charge in [0.25, 0.3) is 5.91 Å². The number of piperazine rings is 1. The summed E-state index contributed by atoms with van der Waals surface area (Å²) in [6.07, 6.45) is 0.215. The molecule has 0 spiro atoms. The Morgan fingerprint density at radius 1 is 0.944 bits per heavy atom. The van der Waals surface area contributed by atoms with Crippen LogP contribution in [-0.2, 0) is 9.59 Å². The molecule has 1 unspecified atom stereocenters. The highest BCUT2D eigenvalue weighted by Gasteiger charge is 2.35. The van der Waals surface area contributed by atoms with Gasteiger partial charge in [-0.05, 0) is 24.3 Å². The van der Waals surface area contributed by atoms with Crippen molar-refractivity contribution in [2.45, 2.75) is 6.42 Å². The monoisotopic (exact) mass is 488 g/mol. The van der Waals surface area contributed by atoms with Gasteiger partial charge in [0.15, 0.2) is 11.2 Å². The van der Waals surface area contributed by atoms with Crippen molar-refractivity contribution in [3.63, 3.8) is 0 Å². The van der Waals surface area contributed by atoms with Gasteiger partial charge < -0.3 is 19.5 Å². The van der Waals surface area contributed by atoms with Crippen molar-refractivity contribution >= 4 is 34.4 Å². The molecular formula is C27H28N4O5. The Bertz CT molecular complexity index is 1330. The third-order valence-corrected chi connectivity index (χ3v) is 6.80. The molecule has 2 fully saturated rings. The molecule has 1 atom stereocenters. The first-order valence-corrected chi connectivity index (χ1v) is 12.2. The molecule has 186 valence electrons. The van der Waals surface area contributed by atoms with Gasteiger partial charge in [-0.1, -0.05) is 30.3 Å². The lowest BCUT2D eigenvalue weighted by Crippen LogP contribution is -2.50. The second-order valence-electron chi connectivity index (χ2n) is 9.14. The summed E-state index contributed by atoms with van der Waals surface area (Å²) in [6.45, 7) is 3.84. The molecule has 3 aromatic rings. The number of benzene rings is 2. The van der Waals surface area contributed by atoms with E-state index in [1.807, 2.05) is 30.3 Å². The van der Waals surface area contributed by atoms with Crippen molar-refractivity contribution in [3.8, 4) is 0 Å². The number of nitrogens with one attached hydrogen (secondary N) is 1. The maximum atomic E-state index is 12.9. The van der Waals surface area contributed by atoms with Gasteiger partial charge in [0.05, 0.1) is 11.3 Å². The van der Waals surface area contributed by atoms with Crippen molar-refractivity contribution in [3.05, 3.63) is 76.6 Å². The fraction of sp³-hybridized carbons (Fsp3) is 0.333. The molecule has 0 bridgehead atoms. The number of anilines is 1. The predicted molar refractivity (Wildman–Crippen MR) is 135 cm³/mol. The van der Waals surface area contributed by atoms with Crippen molar-refractivity contribution < 1.29 is 18.8 Å². The SMILES string of the molecule is O=C(NCCN1CCN(C(=O)c2cc(=O)c3ccccc3o2)CC1)C1CC(=O)N(c2ccccc2)C1. The minimum Gasteiger partial charge on any atom is -0.451 e. The van der Waals surface area contributed by atoms with Crippen LogP contribution in [0, 0.1) is 5.92 Å². The topological polar surface area (TPSA) is 103 Å². The zero-order valence-electron chi connectivity index (χ0n) is 19.9. The summed E-state index contributed by atoms with van der Waals surface area (Å²) >= 11 is 0. The third kappa shape index (κ3) is 5.01. The van der Waals surface area contributed by atoms with Gasteiger partial charge in [0, 0.05) is 64.0 Å². The van der Waals surface area contributed by atoms with E-state index in [0.717, 1.165) is 5.69 Å². The quantitative estimate of drug-likeness (QED) is 0.567. The van der Waals surface area contributed by atoms with Crippen molar-refractivity contribution in [2.24, 2.45) is 5.92 Å². The number of rotatable bonds is 6. The normalized spacial score (nSPS) is 18.6. The zero-order chi connectivity index (χ0) is 25.1. The summed E-state index contributed by atoms with van der Waals surface area (Å²) in [5.41, 5.74) is 0.984. The smallest absolute Gasteiger partial charge is 0.289 e. The molecule has 2 aromatic carbocycles. The highest BCUT2D eigenvalue weighted by atomic mass is 16.3. The summed E-state index contributed by atoms with van der Waals surface area (Å²) in [6, 6.07) is 17.5. The molecule has 0 radical (unpaired) electrons. The van der Waals surface area contributed by atoms with E-state index in [4.69, 9.17) is 4.42 Å². The van der Waals surface area contributed by atoms with E-state index in [0.29, 0.717) is 56.8 Å². The van der Waals surface area contributed by atoms with Gasteiger partial charge in [-0.25, -0.2) is 0 Å². The lowest BCUT2D eigenvalue weighted by atomic mass is 10.1. The average Bonchev–Trinajstić information content (AvgIpc) is 3.31. The van der Waals surface area contributed by atoms with Crippen molar-refractivity contribution in [1.82, 2.24) is 15.1 Å². The number of carbonyl (C=O) groups excluding carboxylic acids is 3. The van der Waals surface area contributed by atoms with E-state index in [2.05, 4.69) is 10.2 Å². The van der Waals surface area contributed by atoms with E-state index >= 15 is 0 Å². The Morgan fingerprint density at radius 2 is 1.67 bits per heavy atom. The zero-order valence-corrected chi connectivity index (χ0v) is 19.9. The van der Waals surface area contributed by atoms with E-state index in [1.165, 1.54) is 6.07 Å².